The van der Waals surface area contributed by atoms with E-state index >= 15 is 0 Å². The molecule has 2 atom stereocenters. The molecule has 1 heterocycles. The predicted molar refractivity (Wildman–Crippen MR) is 78.5 cm³/mol. The highest BCUT2D eigenvalue weighted by Crippen LogP contribution is 2.30. The summed E-state index contributed by atoms with van der Waals surface area (Å²) in [7, 11) is 0. The summed E-state index contributed by atoms with van der Waals surface area (Å²) in [6.45, 7) is 7.46. The second-order valence-electron chi connectivity index (χ2n) is 5.14. The first-order valence-electron chi connectivity index (χ1n) is 7.57. The van der Waals surface area contributed by atoms with Gasteiger partial charge in [0.2, 0.25) is 0 Å². The van der Waals surface area contributed by atoms with Crippen molar-refractivity contribution in [3.05, 3.63) is 29.8 Å². The van der Waals surface area contributed by atoms with Gasteiger partial charge in [0.05, 0.1) is 6.20 Å². The molecule has 0 spiro atoms. The zero-order valence-electron chi connectivity index (χ0n) is 12.5. The molecule has 0 aliphatic heterocycles. The van der Waals surface area contributed by atoms with Crippen molar-refractivity contribution in [2.24, 2.45) is 5.92 Å². The second kappa shape index (κ2) is 9.03. The van der Waals surface area contributed by atoms with E-state index in [-0.39, 0.29) is 11.9 Å². The van der Waals surface area contributed by atoms with E-state index in [1.807, 2.05) is 6.07 Å². The summed E-state index contributed by atoms with van der Waals surface area (Å²) < 4.78 is 14.0. The predicted octanol–water partition coefficient (Wildman–Crippen LogP) is 4.48. The molecule has 1 rings (SSSR count). The molecule has 1 N–H and O–H groups in total. The van der Waals surface area contributed by atoms with Crippen LogP contribution < -0.4 is 5.32 Å². The van der Waals surface area contributed by atoms with Gasteiger partial charge in [0.25, 0.3) is 0 Å². The van der Waals surface area contributed by atoms with Crippen LogP contribution in [0.4, 0.5) is 4.39 Å². The van der Waals surface area contributed by atoms with E-state index in [1.54, 1.807) is 6.20 Å². The Bertz CT molecular complexity index is 354. The molecule has 0 radical (unpaired) electrons. The van der Waals surface area contributed by atoms with Crippen molar-refractivity contribution in [3.63, 3.8) is 0 Å². The molecule has 1 aromatic heterocycles. The van der Waals surface area contributed by atoms with Crippen molar-refractivity contribution in [2.75, 3.05) is 6.54 Å². The minimum atomic E-state index is -0.189. The molecule has 0 aliphatic carbocycles. The fourth-order valence-corrected chi connectivity index (χ4v) is 2.54. The summed E-state index contributed by atoms with van der Waals surface area (Å²) in [5.41, 5.74) is 0.770. The van der Waals surface area contributed by atoms with Gasteiger partial charge in [0, 0.05) is 17.8 Å². The number of rotatable bonds is 9. The van der Waals surface area contributed by atoms with Gasteiger partial charge >= 0.3 is 0 Å². The minimum Gasteiger partial charge on any atom is -0.310 e. The Kier molecular flexibility index (Phi) is 7.65. The van der Waals surface area contributed by atoms with Gasteiger partial charge in [-0.15, -0.1) is 0 Å². The number of hydrogen-bond acceptors (Lipinski definition) is 2. The number of unbranched alkanes of at least 4 members (excludes halogenated alkanes) is 1. The number of hydrogen-bond donors (Lipinski definition) is 1. The van der Waals surface area contributed by atoms with Gasteiger partial charge in [-0.2, -0.15) is 0 Å². The lowest BCUT2D eigenvalue weighted by atomic mass is 9.87. The average molecular weight is 266 g/mol. The van der Waals surface area contributed by atoms with Crippen molar-refractivity contribution in [1.82, 2.24) is 10.3 Å². The summed E-state index contributed by atoms with van der Waals surface area (Å²) >= 11 is 0. The van der Waals surface area contributed by atoms with Crippen LogP contribution >= 0.6 is 0 Å². The zero-order valence-corrected chi connectivity index (χ0v) is 12.5. The highest BCUT2D eigenvalue weighted by Gasteiger charge is 2.23. The van der Waals surface area contributed by atoms with Crippen LogP contribution in [-0.2, 0) is 0 Å². The van der Waals surface area contributed by atoms with Crippen molar-refractivity contribution < 1.29 is 4.39 Å². The van der Waals surface area contributed by atoms with Gasteiger partial charge in [-0.3, -0.25) is 4.98 Å². The highest BCUT2D eigenvalue weighted by molar-refractivity contribution is 5.18. The standard InChI is InChI=1S/C16H27FN2/c1-4-7-8-13(6-3)16(19-10-5-2)14-9-11-18-12-15(14)17/h9,11-13,16,19H,4-8,10H2,1-3H3. The maximum atomic E-state index is 14.0. The molecule has 0 aromatic carbocycles. The molecule has 0 saturated carbocycles. The van der Waals surface area contributed by atoms with Crippen molar-refractivity contribution >= 4 is 0 Å². The van der Waals surface area contributed by atoms with Crippen LogP contribution in [0.1, 0.15) is 64.5 Å². The first-order valence-corrected chi connectivity index (χ1v) is 7.57. The molecule has 0 bridgehead atoms. The maximum Gasteiger partial charge on any atom is 0.146 e. The summed E-state index contributed by atoms with van der Waals surface area (Å²) in [6.07, 6.45) is 8.69. The van der Waals surface area contributed by atoms with Gasteiger partial charge in [0.1, 0.15) is 5.82 Å². The lowest BCUT2D eigenvalue weighted by Gasteiger charge is -2.28. The van der Waals surface area contributed by atoms with Crippen molar-refractivity contribution in [2.45, 2.75) is 58.9 Å². The maximum absolute atomic E-state index is 14.0. The largest absolute Gasteiger partial charge is 0.310 e. The molecule has 0 saturated heterocycles. The molecule has 2 unspecified atom stereocenters. The summed E-state index contributed by atoms with van der Waals surface area (Å²) in [4.78, 5) is 3.85. The van der Waals surface area contributed by atoms with Gasteiger partial charge < -0.3 is 5.32 Å². The van der Waals surface area contributed by atoms with Crippen LogP contribution in [-0.4, -0.2) is 11.5 Å². The molecular weight excluding hydrogens is 239 g/mol. The molecule has 0 aliphatic rings. The van der Waals surface area contributed by atoms with Gasteiger partial charge in [0.15, 0.2) is 0 Å². The summed E-state index contributed by atoms with van der Waals surface area (Å²) in [5, 5.41) is 3.52. The Morgan fingerprint density at radius 3 is 2.63 bits per heavy atom. The van der Waals surface area contributed by atoms with Crippen LogP contribution in [0.3, 0.4) is 0 Å². The Morgan fingerprint density at radius 2 is 2.05 bits per heavy atom. The van der Waals surface area contributed by atoms with E-state index in [9.17, 15) is 4.39 Å². The lowest BCUT2D eigenvalue weighted by molar-refractivity contribution is 0.316. The topological polar surface area (TPSA) is 24.9 Å². The van der Waals surface area contributed by atoms with E-state index < -0.39 is 0 Å². The lowest BCUT2D eigenvalue weighted by Crippen LogP contribution is -2.29. The second-order valence-corrected chi connectivity index (χ2v) is 5.14. The normalized spacial score (nSPS) is 14.3. The number of nitrogens with zero attached hydrogens (tertiary/aromatic N) is 1. The van der Waals surface area contributed by atoms with Crippen LogP contribution in [0.15, 0.2) is 18.5 Å². The Hall–Kier alpha value is -0.960. The number of halogens is 1. The van der Waals surface area contributed by atoms with Crippen LogP contribution in [0.25, 0.3) is 0 Å². The monoisotopic (exact) mass is 266 g/mol. The molecule has 2 nitrogen and oxygen atoms in total. The fourth-order valence-electron chi connectivity index (χ4n) is 2.54. The Labute approximate surface area is 116 Å². The van der Waals surface area contributed by atoms with Gasteiger partial charge in [-0.25, -0.2) is 4.39 Å². The molecule has 1 aromatic rings. The van der Waals surface area contributed by atoms with E-state index in [2.05, 4.69) is 31.1 Å². The van der Waals surface area contributed by atoms with E-state index in [0.29, 0.717) is 5.92 Å². The third kappa shape index (κ3) is 4.90. The van der Waals surface area contributed by atoms with Gasteiger partial charge in [-0.1, -0.05) is 40.0 Å². The summed E-state index contributed by atoms with van der Waals surface area (Å²) in [5.74, 6) is 0.300. The molecule has 108 valence electrons. The van der Waals surface area contributed by atoms with Gasteiger partial charge in [-0.05, 0) is 31.4 Å². The third-order valence-electron chi connectivity index (χ3n) is 3.68. The SMILES string of the molecule is CCCCC(CC)C(NCCC)c1ccncc1F. The fraction of sp³-hybridized carbons (Fsp3) is 0.688. The number of aromatic nitrogens is 1. The Morgan fingerprint density at radius 1 is 1.26 bits per heavy atom. The minimum absolute atomic E-state index is 0.111. The van der Waals surface area contributed by atoms with E-state index in [4.69, 9.17) is 0 Å². The third-order valence-corrected chi connectivity index (χ3v) is 3.68. The molecule has 19 heavy (non-hydrogen) atoms. The van der Waals surface area contributed by atoms with Crippen LogP contribution in [0.5, 0.6) is 0 Å². The van der Waals surface area contributed by atoms with Crippen molar-refractivity contribution in [1.29, 1.82) is 0 Å². The Balaban J connectivity index is 2.88. The van der Waals surface area contributed by atoms with Crippen molar-refractivity contribution in [3.8, 4) is 0 Å². The quantitative estimate of drug-likeness (QED) is 0.713. The molecule has 3 heteroatoms. The smallest absolute Gasteiger partial charge is 0.146 e. The van der Waals surface area contributed by atoms with E-state index in [0.717, 1.165) is 31.4 Å². The first-order chi connectivity index (χ1) is 9.24. The highest BCUT2D eigenvalue weighted by atomic mass is 19.1. The average Bonchev–Trinajstić information content (AvgIpc) is 2.43. The number of nitrogens with one attached hydrogen (secondary N) is 1. The molecular formula is C16H27FN2. The zero-order chi connectivity index (χ0) is 14.1. The molecule has 0 fully saturated rings. The molecule has 0 amide bonds. The number of pyridine rings is 1. The van der Waals surface area contributed by atoms with Crippen LogP contribution in [0.2, 0.25) is 0 Å². The first kappa shape index (κ1) is 16.1. The van der Waals surface area contributed by atoms with E-state index in [1.165, 1.54) is 19.0 Å². The van der Waals surface area contributed by atoms with Crippen LogP contribution in [0, 0.1) is 11.7 Å². The summed E-state index contributed by atoms with van der Waals surface area (Å²) in [6, 6.07) is 1.93.